The predicted molar refractivity (Wildman–Crippen MR) is 80.3 cm³/mol. The average molecular weight is 265 g/mol. The Morgan fingerprint density at radius 3 is 2.30 bits per heavy atom. The largest absolute Gasteiger partial charge is 0.349 e. The van der Waals surface area contributed by atoms with Crippen LogP contribution in [0.1, 0.15) is 36.4 Å². The molecule has 3 atom stereocenters. The van der Waals surface area contributed by atoms with Gasteiger partial charge in [0.2, 0.25) is 5.91 Å². The summed E-state index contributed by atoms with van der Waals surface area (Å²) in [6.45, 7) is 2.03. The van der Waals surface area contributed by atoms with Crippen LogP contribution in [0.15, 0.2) is 60.7 Å². The second-order valence-electron chi connectivity index (χ2n) is 5.50. The Balaban J connectivity index is 1.59. The van der Waals surface area contributed by atoms with Crippen LogP contribution < -0.4 is 5.32 Å². The Morgan fingerprint density at radius 1 is 1.05 bits per heavy atom. The number of carbonyl (C=O) groups is 1. The van der Waals surface area contributed by atoms with Gasteiger partial charge in [0.1, 0.15) is 0 Å². The van der Waals surface area contributed by atoms with Crippen molar-refractivity contribution in [3.05, 3.63) is 71.8 Å². The van der Waals surface area contributed by atoms with Crippen molar-refractivity contribution in [2.45, 2.75) is 25.3 Å². The average Bonchev–Trinajstić information content (AvgIpc) is 3.29. The molecule has 1 N–H and O–H groups in total. The Hall–Kier alpha value is -2.09. The molecule has 0 unspecified atom stereocenters. The molecule has 1 fully saturated rings. The maximum atomic E-state index is 12.3. The van der Waals surface area contributed by atoms with Crippen molar-refractivity contribution in [3.63, 3.8) is 0 Å². The summed E-state index contributed by atoms with van der Waals surface area (Å²) in [6.07, 6.45) is 0.970. The fraction of sp³-hybridized carbons (Fsp3) is 0.278. The zero-order valence-electron chi connectivity index (χ0n) is 11.6. The Kier molecular flexibility index (Phi) is 3.55. The fourth-order valence-corrected chi connectivity index (χ4v) is 2.70. The second-order valence-corrected chi connectivity index (χ2v) is 5.50. The Bertz CT molecular complexity index is 579. The first kappa shape index (κ1) is 12.9. The van der Waals surface area contributed by atoms with Gasteiger partial charge in [-0.05, 0) is 30.4 Å². The summed E-state index contributed by atoms with van der Waals surface area (Å²) in [5.74, 6) is 0.720. The van der Waals surface area contributed by atoms with Crippen LogP contribution in [-0.4, -0.2) is 5.91 Å². The molecule has 0 bridgehead atoms. The van der Waals surface area contributed by atoms with Gasteiger partial charge in [-0.15, -0.1) is 0 Å². The molecule has 1 aliphatic rings. The van der Waals surface area contributed by atoms with E-state index in [-0.39, 0.29) is 17.9 Å². The standard InChI is InChI=1S/C18H19NO/c1-13(14-8-4-2-5-9-14)19-18(20)17-12-16(17)15-10-6-3-7-11-15/h2-11,13,16-17H,12H2,1H3,(H,19,20)/t13-,16+,17-/m1/s1. The summed E-state index contributed by atoms with van der Waals surface area (Å²) in [6, 6.07) is 20.5. The highest BCUT2D eigenvalue weighted by Crippen LogP contribution is 2.47. The number of carbonyl (C=O) groups excluding carboxylic acids is 1. The first-order chi connectivity index (χ1) is 9.75. The molecule has 2 aromatic carbocycles. The number of amides is 1. The molecule has 0 aromatic heterocycles. The van der Waals surface area contributed by atoms with Gasteiger partial charge in [-0.2, -0.15) is 0 Å². The molecule has 0 radical (unpaired) electrons. The lowest BCUT2D eigenvalue weighted by molar-refractivity contribution is -0.123. The van der Waals surface area contributed by atoms with Crippen molar-refractivity contribution in [1.82, 2.24) is 5.32 Å². The van der Waals surface area contributed by atoms with Gasteiger partial charge in [-0.1, -0.05) is 60.7 Å². The minimum absolute atomic E-state index is 0.0701. The van der Waals surface area contributed by atoms with Gasteiger partial charge in [0.25, 0.3) is 0 Å². The zero-order valence-corrected chi connectivity index (χ0v) is 11.6. The summed E-state index contributed by atoms with van der Waals surface area (Å²) >= 11 is 0. The third-order valence-electron chi connectivity index (χ3n) is 4.01. The van der Waals surface area contributed by atoms with Crippen LogP contribution in [0, 0.1) is 5.92 Å². The van der Waals surface area contributed by atoms with Gasteiger partial charge < -0.3 is 5.32 Å². The van der Waals surface area contributed by atoms with Crippen molar-refractivity contribution in [3.8, 4) is 0 Å². The van der Waals surface area contributed by atoms with Gasteiger partial charge in [0.05, 0.1) is 6.04 Å². The van der Waals surface area contributed by atoms with Crippen molar-refractivity contribution in [1.29, 1.82) is 0 Å². The third-order valence-corrected chi connectivity index (χ3v) is 4.01. The van der Waals surface area contributed by atoms with Crippen molar-refractivity contribution in [2.75, 3.05) is 0 Å². The number of hydrogen-bond donors (Lipinski definition) is 1. The molecule has 102 valence electrons. The quantitative estimate of drug-likeness (QED) is 0.898. The van der Waals surface area contributed by atoms with E-state index in [1.807, 2.05) is 55.5 Å². The smallest absolute Gasteiger partial charge is 0.224 e. The molecule has 3 rings (SSSR count). The summed E-state index contributed by atoms with van der Waals surface area (Å²) in [4.78, 5) is 12.3. The van der Waals surface area contributed by atoms with Crippen molar-refractivity contribution < 1.29 is 4.79 Å². The van der Waals surface area contributed by atoms with Gasteiger partial charge in [-0.3, -0.25) is 4.79 Å². The Labute approximate surface area is 119 Å². The molecular formula is C18H19NO. The number of rotatable bonds is 4. The van der Waals surface area contributed by atoms with E-state index in [1.165, 1.54) is 5.56 Å². The van der Waals surface area contributed by atoms with Crippen LogP contribution in [0.3, 0.4) is 0 Å². The molecule has 1 aliphatic carbocycles. The number of hydrogen-bond acceptors (Lipinski definition) is 1. The van der Waals surface area contributed by atoms with Crippen LogP contribution in [0.4, 0.5) is 0 Å². The lowest BCUT2D eigenvalue weighted by atomic mass is 10.1. The summed E-state index contributed by atoms with van der Waals surface area (Å²) in [5, 5.41) is 3.12. The van der Waals surface area contributed by atoms with E-state index in [9.17, 15) is 4.79 Å². The second kappa shape index (κ2) is 5.49. The lowest BCUT2D eigenvalue weighted by Crippen LogP contribution is -2.28. The monoisotopic (exact) mass is 265 g/mol. The van der Waals surface area contributed by atoms with Gasteiger partial charge in [-0.25, -0.2) is 0 Å². The van der Waals surface area contributed by atoms with Gasteiger partial charge >= 0.3 is 0 Å². The lowest BCUT2D eigenvalue weighted by Gasteiger charge is -2.14. The van der Waals surface area contributed by atoms with Crippen LogP contribution >= 0.6 is 0 Å². The van der Waals surface area contributed by atoms with E-state index in [0.29, 0.717) is 5.92 Å². The number of benzene rings is 2. The highest BCUT2D eigenvalue weighted by Gasteiger charge is 2.44. The van der Waals surface area contributed by atoms with Gasteiger partial charge in [0.15, 0.2) is 0 Å². The molecule has 1 saturated carbocycles. The van der Waals surface area contributed by atoms with E-state index in [0.717, 1.165) is 12.0 Å². The SMILES string of the molecule is C[C@@H](NC(=O)[C@@H]1C[C@H]1c1ccccc1)c1ccccc1. The minimum Gasteiger partial charge on any atom is -0.349 e. The van der Waals surface area contributed by atoms with Crippen LogP contribution in [0.5, 0.6) is 0 Å². The first-order valence-electron chi connectivity index (χ1n) is 7.16. The number of nitrogens with one attached hydrogen (secondary N) is 1. The highest BCUT2D eigenvalue weighted by molar-refractivity contribution is 5.83. The third kappa shape index (κ3) is 2.74. The first-order valence-corrected chi connectivity index (χ1v) is 7.16. The molecule has 0 aliphatic heterocycles. The molecule has 0 heterocycles. The van der Waals surface area contributed by atoms with Crippen molar-refractivity contribution in [2.24, 2.45) is 5.92 Å². The molecule has 2 aromatic rings. The van der Waals surface area contributed by atoms with E-state index in [4.69, 9.17) is 0 Å². The normalized spacial score (nSPS) is 22.1. The van der Waals surface area contributed by atoms with Crippen LogP contribution in [0.2, 0.25) is 0 Å². The maximum absolute atomic E-state index is 12.3. The fourth-order valence-electron chi connectivity index (χ4n) is 2.70. The predicted octanol–water partition coefficient (Wildman–Crippen LogP) is 3.67. The highest BCUT2D eigenvalue weighted by atomic mass is 16.2. The summed E-state index contributed by atoms with van der Waals surface area (Å²) < 4.78 is 0. The van der Waals surface area contributed by atoms with E-state index in [2.05, 4.69) is 17.4 Å². The molecule has 0 spiro atoms. The van der Waals surface area contributed by atoms with Crippen molar-refractivity contribution >= 4 is 5.91 Å². The van der Waals surface area contributed by atoms with E-state index < -0.39 is 0 Å². The maximum Gasteiger partial charge on any atom is 0.224 e. The molecule has 20 heavy (non-hydrogen) atoms. The molecular weight excluding hydrogens is 246 g/mol. The molecule has 2 nitrogen and oxygen atoms in total. The Morgan fingerprint density at radius 2 is 1.65 bits per heavy atom. The van der Waals surface area contributed by atoms with E-state index >= 15 is 0 Å². The minimum atomic E-state index is 0.0701. The van der Waals surface area contributed by atoms with E-state index in [1.54, 1.807) is 0 Å². The molecule has 2 heteroatoms. The molecule has 0 saturated heterocycles. The van der Waals surface area contributed by atoms with Gasteiger partial charge in [0, 0.05) is 5.92 Å². The van der Waals surface area contributed by atoms with Crippen LogP contribution in [0.25, 0.3) is 0 Å². The summed E-state index contributed by atoms with van der Waals surface area (Å²) in [5.41, 5.74) is 2.43. The summed E-state index contributed by atoms with van der Waals surface area (Å²) in [7, 11) is 0. The zero-order chi connectivity index (χ0) is 13.9. The topological polar surface area (TPSA) is 29.1 Å². The molecule has 1 amide bonds. The van der Waals surface area contributed by atoms with Crippen LogP contribution in [-0.2, 0) is 4.79 Å².